The lowest BCUT2D eigenvalue weighted by molar-refractivity contribution is 0.205. The summed E-state index contributed by atoms with van der Waals surface area (Å²) >= 11 is 0. The lowest BCUT2D eigenvalue weighted by Gasteiger charge is -2.07. The van der Waals surface area contributed by atoms with E-state index in [1.54, 1.807) is 9.80 Å². The van der Waals surface area contributed by atoms with Crippen LogP contribution in [0.1, 0.15) is 0 Å². The fourth-order valence-corrected chi connectivity index (χ4v) is 1.17. The van der Waals surface area contributed by atoms with Crippen molar-refractivity contribution in [2.24, 2.45) is 0 Å². The molecule has 3 heteroatoms. The monoisotopic (exact) mass is 192 g/mol. The highest BCUT2D eigenvalue weighted by Gasteiger charge is 2.20. The Kier molecular flexibility index (Phi) is 3.98. The highest BCUT2D eigenvalue weighted by atomic mass is 16.2. The first-order valence-electron chi connectivity index (χ1n) is 4.68. The lowest BCUT2D eigenvalue weighted by atomic mass is 10.4. The third-order valence-corrected chi connectivity index (χ3v) is 2.09. The number of amides is 2. The molecule has 0 bridgehead atoms. The molecule has 76 valence electrons. The average molecular weight is 192 g/mol. The minimum atomic E-state index is 0.130. The number of carbonyl (C=O) groups is 1. The van der Waals surface area contributed by atoms with Crippen molar-refractivity contribution < 1.29 is 4.79 Å². The molecular formula is C11H16N2O. The summed E-state index contributed by atoms with van der Waals surface area (Å²) in [6, 6.07) is 12.1. The van der Waals surface area contributed by atoms with Crippen LogP contribution in [0.15, 0.2) is 36.4 Å². The highest BCUT2D eigenvalue weighted by molar-refractivity contribution is 5.75. The number of urea groups is 1. The molecule has 0 N–H and O–H groups in total. The molecule has 0 aliphatic carbocycles. The van der Waals surface area contributed by atoms with Crippen LogP contribution < -0.4 is 0 Å². The van der Waals surface area contributed by atoms with E-state index in [1.165, 1.54) is 0 Å². The summed E-state index contributed by atoms with van der Waals surface area (Å²) < 4.78 is 0. The highest BCUT2D eigenvalue weighted by Crippen LogP contribution is 2.00. The van der Waals surface area contributed by atoms with Crippen molar-refractivity contribution in [1.29, 1.82) is 0 Å². The van der Waals surface area contributed by atoms with Gasteiger partial charge in [0.2, 0.25) is 0 Å². The van der Waals surface area contributed by atoms with Gasteiger partial charge in [-0.3, -0.25) is 0 Å². The molecule has 1 heterocycles. The molecule has 1 aliphatic heterocycles. The average Bonchev–Trinajstić information content (AvgIpc) is 2.53. The van der Waals surface area contributed by atoms with Crippen molar-refractivity contribution in [3.63, 3.8) is 0 Å². The summed E-state index contributed by atoms with van der Waals surface area (Å²) in [4.78, 5) is 14.2. The molecule has 0 unspecified atom stereocenters. The summed E-state index contributed by atoms with van der Waals surface area (Å²) in [5.74, 6) is 0. The maximum atomic E-state index is 10.8. The molecule has 1 saturated heterocycles. The van der Waals surface area contributed by atoms with Crippen molar-refractivity contribution >= 4 is 6.03 Å². The number of rotatable bonds is 0. The quantitative estimate of drug-likeness (QED) is 0.613. The first-order valence-corrected chi connectivity index (χ1v) is 4.68. The predicted octanol–water partition coefficient (Wildman–Crippen LogP) is 1.67. The number of hydrogen-bond donors (Lipinski definition) is 0. The van der Waals surface area contributed by atoms with Gasteiger partial charge in [-0.05, 0) is 0 Å². The third-order valence-electron chi connectivity index (χ3n) is 2.09. The van der Waals surface area contributed by atoms with E-state index in [1.807, 2.05) is 50.5 Å². The minimum absolute atomic E-state index is 0.130. The van der Waals surface area contributed by atoms with Crippen LogP contribution in [-0.4, -0.2) is 43.0 Å². The molecule has 14 heavy (non-hydrogen) atoms. The zero-order valence-corrected chi connectivity index (χ0v) is 8.68. The molecular weight excluding hydrogens is 176 g/mol. The second-order valence-corrected chi connectivity index (χ2v) is 3.28. The summed E-state index contributed by atoms with van der Waals surface area (Å²) in [6.07, 6.45) is 0. The van der Waals surface area contributed by atoms with Gasteiger partial charge in [-0.2, -0.15) is 0 Å². The van der Waals surface area contributed by atoms with Crippen LogP contribution in [0.3, 0.4) is 0 Å². The van der Waals surface area contributed by atoms with E-state index in [0.29, 0.717) is 0 Å². The van der Waals surface area contributed by atoms with Gasteiger partial charge in [0.25, 0.3) is 0 Å². The molecule has 0 saturated carbocycles. The van der Waals surface area contributed by atoms with Crippen molar-refractivity contribution in [2.75, 3.05) is 27.2 Å². The lowest BCUT2D eigenvalue weighted by Crippen LogP contribution is -2.25. The molecule has 0 aromatic heterocycles. The smallest absolute Gasteiger partial charge is 0.319 e. The first-order chi connectivity index (χ1) is 6.72. The standard InChI is InChI=1S/C6H6.C5H10N2O/c1-2-4-6-5-3-1;1-6-3-4-7(2)5(6)8/h1-6H;3-4H2,1-2H3. The molecule has 0 atom stereocenters. The largest absolute Gasteiger partial charge is 0.326 e. The molecule has 1 aliphatic rings. The van der Waals surface area contributed by atoms with Gasteiger partial charge in [0.05, 0.1) is 0 Å². The molecule has 1 fully saturated rings. The van der Waals surface area contributed by atoms with Gasteiger partial charge in [-0.15, -0.1) is 0 Å². The topological polar surface area (TPSA) is 23.6 Å². The van der Waals surface area contributed by atoms with E-state index < -0.39 is 0 Å². The molecule has 0 spiro atoms. The second kappa shape index (κ2) is 5.27. The fraction of sp³-hybridized carbons (Fsp3) is 0.364. The van der Waals surface area contributed by atoms with E-state index in [4.69, 9.17) is 0 Å². The van der Waals surface area contributed by atoms with Gasteiger partial charge in [-0.1, -0.05) is 36.4 Å². The molecule has 3 nitrogen and oxygen atoms in total. The zero-order chi connectivity index (χ0) is 10.4. The van der Waals surface area contributed by atoms with Crippen molar-refractivity contribution in [3.05, 3.63) is 36.4 Å². The van der Waals surface area contributed by atoms with E-state index in [2.05, 4.69) is 0 Å². The maximum Gasteiger partial charge on any atom is 0.319 e. The molecule has 1 aromatic rings. The number of nitrogens with zero attached hydrogens (tertiary/aromatic N) is 2. The zero-order valence-electron chi connectivity index (χ0n) is 8.68. The molecule has 2 rings (SSSR count). The summed E-state index contributed by atoms with van der Waals surface area (Å²) in [7, 11) is 3.62. The molecule has 1 aromatic carbocycles. The minimum Gasteiger partial charge on any atom is -0.326 e. The maximum absolute atomic E-state index is 10.8. The fourth-order valence-electron chi connectivity index (χ4n) is 1.17. The van der Waals surface area contributed by atoms with Crippen LogP contribution in [0.5, 0.6) is 0 Å². The van der Waals surface area contributed by atoms with E-state index in [9.17, 15) is 4.79 Å². The van der Waals surface area contributed by atoms with Gasteiger partial charge in [0.15, 0.2) is 0 Å². The summed E-state index contributed by atoms with van der Waals surface area (Å²) in [5.41, 5.74) is 0. The van der Waals surface area contributed by atoms with E-state index in [-0.39, 0.29) is 6.03 Å². The molecule has 2 amide bonds. The number of hydrogen-bond acceptors (Lipinski definition) is 1. The Bertz CT molecular complexity index is 235. The third kappa shape index (κ3) is 3.09. The first kappa shape index (κ1) is 10.6. The van der Waals surface area contributed by atoms with Gasteiger partial charge < -0.3 is 9.80 Å². The van der Waals surface area contributed by atoms with Gasteiger partial charge in [-0.25, -0.2) is 4.79 Å². The normalized spacial score (nSPS) is 15.1. The Morgan fingerprint density at radius 1 is 0.857 bits per heavy atom. The van der Waals surface area contributed by atoms with Gasteiger partial charge >= 0.3 is 6.03 Å². The van der Waals surface area contributed by atoms with Crippen LogP contribution in [-0.2, 0) is 0 Å². The van der Waals surface area contributed by atoms with E-state index >= 15 is 0 Å². The Hall–Kier alpha value is -1.51. The van der Waals surface area contributed by atoms with Crippen molar-refractivity contribution in [1.82, 2.24) is 9.80 Å². The molecule has 0 radical (unpaired) electrons. The van der Waals surface area contributed by atoms with Crippen LogP contribution >= 0.6 is 0 Å². The summed E-state index contributed by atoms with van der Waals surface area (Å²) in [5, 5.41) is 0. The van der Waals surface area contributed by atoms with Crippen LogP contribution in [0.2, 0.25) is 0 Å². The van der Waals surface area contributed by atoms with Crippen LogP contribution in [0.25, 0.3) is 0 Å². The van der Waals surface area contributed by atoms with Crippen molar-refractivity contribution in [3.8, 4) is 0 Å². The second-order valence-electron chi connectivity index (χ2n) is 3.28. The SMILES string of the molecule is CN1CCN(C)C1=O.c1ccccc1. The Labute approximate surface area is 84.9 Å². The Morgan fingerprint density at radius 2 is 1.14 bits per heavy atom. The van der Waals surface area contributed by atoms with Crippen molar-refractivity contribution in [2.45, 2.75) is 0 Å². The van der Waals surface area contributed by atoms with Crippen LogP contribution in [0.4, 0.5) is 4.79 Å². The van der Waals surface area contributed by atoms with Crippen LogP contribution in [0, 0.1) is 0 Å². The van der Waals surface area contributed by atoms with Gasteiger partial charge in [0.1, 0.15) is 0 Å². The predicted molar refractivity (Wildman–Crippen MR) is 57.1 cm³/mol. The number of carbonyl (C=O) groups excluding carboxylic acids is 1. The van der Waals surface area contributed by atoms with E-state index in [0.717, 1.165) is 13.1 Å². The number of benzene rings is 1. The summed E-state index contributed by atoms with van der Waals surface area (Å²) in [6.45, 7) is 1.74. The number of likely N-dealkylation sites (N-methyl/N-ethyl adjacent to an activating group) is 2. The van der Waals surface area contributed by atoms with Gasteiger partial charge in [0, 0.05) is 27.2 Å². The Balaban J connectivity index is 0.000000146. The Morgan fingerprint density at radius 3 is 1.29 bits per heavy atom.